The van der Waals surface area contributed by atoms with Crippen molar-refractivity contribution in [3.05, 3.63) is 30.2 Å². The van der Waals surface area contributed by atoms with E-state index >= 15 is 0 Å². The lowest BCUT2D eigenvalue weighted by molar-refractivity contribution is 0.479. The van der Waals surface area contributed by atoms with E-state index in [0.29, 0.717) is 24.1 Å². The Bertz CT molecular complexity index is 468. The van der Waals surface area contributed by atoms with E-state index in [9.17, 15) is 0 Å². The van der Waals surface area contributed by atoms with Crippen LogP contribution in [0.2, 0.25) is 0 Å². The van der Waals surface area contributed by atoms with Gasteiger partial charge in [-0.2, -0.15) is 0 Å². The highest BCUT2D eigenvalue weighted by Crippen LogP contribution is 2.08. The van der Waals surface area contributed by atoms with Crippen LogP contribution < -0.4 is 10.6 Å². The first-order chi connectivity index (χ1) is 7.78. The second kappa shape index (κ2) is 4.61. The average molecular weight is 219 g/mol. The number of hydrogen-bond donors (Lipinski definition) is 2. The van der Waals surface area contributed by atoms with Crippen LogP contribution in [0.5, 0.6) is 0 Å². The number of aromatic nitrogens is 3. The average Bonchev–Trinajstić information content (AvgIpc) is 2.73. The second-order valence-corrected chi connectivity index (χ2v) is 3.26. The molecule has 0 unspecified atom stereocenters. The van der Waals surface area contributed by atoms with E-state index in [1.54, 1.807) is 25.6 Å². The first-order valence-electron chi connectivity index (χ1n) is 4.93. The van der Waals surface area contributed by atoms with Crippen molar-refractivity contribution < 1.29 is 4.42 Å². The van der Waals surface area contributed by atoms with Gasteiger partial charge in [0.2, 0.25) is 5.89 Å². The maximum absolute atomic E-state index is 5.32. The largest absolute Gasteiger partial charge is 0.444 e. The normalized spacial score (nSPS) is 10.1. The Morgan fingerprint density at radius 1 is 1.25 bits per heavy atom. The van der Waals surface area contributed by atoms with E-state index in [-0.39, 0.29) is 0 Å². The van der Waals surface area contributed by atoms with Crippen molar-refractivity contribution >= 4 is 11.6 Å². The van der Waals surface area contributed by atoms with Crippen LogP contribution in [0.1, 0.15) is 11.7 Å². The van der Waals surface area contributed by atoms with Gasteiger partial charge in [-0.25, -0.2) is 9.97 Å². The minimum Gasteiger partial charge on any atom is -0.444 e. The molecule has 6 nitrogen and oxygen atoms in total. The van der Waals surface area contributed by atoms with Crippen LogP contribution in [-0.4, -0.2) is 22.0 Å². The van der Waals surface area contributed by atoms with Gasteiger partial charge in [0.15, 0.2) is 0 Å². The number of rotatable bonds is 4. The minimum absolute atomic E-state index is 0.496. The summed E-state index contributed by atoms with van der Waals surface area (Å²) in [5.74, 6) is 2.83. The summed E-state index contributed by atoms with van der Waals surface area (Å²) in [4.78, 5) is 12.4. The zero-order valence-corrected chi connectivity index (χ0v) is 9.19. The lowest BCUT2D eigenvalue weighted by Gasteiger charge is -2.04. The van der Waals surface area contributed by atoms with Gasteiger partial charge in [0.05, 0.1) is 25.1 Å². The van der Waals surface area contributed by atoms with Crippen LogP contribution in [0, 0.1) is 6.92 Å². The zero-order chi connectivity index (χ0) is 11.4. The predicted octanol–water partition coefficient (Wildman–Crippen LogP) is 1.43. The summed E-state index contributed by atoms with van der Waals surface area (Å²) in [5, 5.41) is 6.00. The molecule has 2 rings (SSSR count). The monoisotopic (exact) mass is 219 g/mol. The van der Waals surface area contributed by atoms with Crippen molar-refractivity contribution in [3.63, 3.8) is 0 Å². The van der Waals surface area contributed by atoms with Gasteiger partial charge in [-0.3, -0.25) is 4.98 Å². The molecule has 0 aliphatic heterocycles. The molecule has 6 heteroatoms. The van der Waals surface area contributed by atoms with Gasteiger partial charge in [0.25, 0.3) is 0 Å². The number of nitrogens with zero attached hydrogens (tertiary/aromatic N) is 3. The second-order valence-electron chi connectivity index (χ2n) is 3.26. The molecule has 2 aromatic rings. The molecule has 0 bridgehead atoms. The molecule has 0 aliphatic carbocycles. The molecule has 0 saturated heterocycles. The molecule has 0 aliphatic rings. The molecule has 0 saturated carbocycles. The number of nitrogens with one attached hydrogen (secondary N) is 2. The van der Waals surface area contributed by atoms with Crippen LogP contribution >= 0.6 is 0 Å². The summed E-state index contributed by atoms with van der Waals surface area (Å²) in [7, 11) is 1.80. The summed E-state index contributed by atoms with van der Waals surface area (Å²) in [6.07, 6.45) is 4.99. The first-order valence-corrected chi connectivity index (χ1v) is 4.93. The predicted molar refractivity (Wildman–Crippen MR) is 60.1 cm³/mol. The third-order valence-electron chi connectivity index (χ3n) is 1.98. The first kappa shape index (κ1) is 10.4. The van der Waals surface area contributed by atoms with E-state index in [0.717, 1.165) is 5.76 Å². The molecular weight excluding hydrogens is 206 g/mol. The molecule has 0 fully saturated rings. The SMILES string of the molecule is CNc1cncc(NCc2ncc(C)o2)n1. The Hall–Kier alpha value is -2.11. The minimum atomic E-state index is 0.496. The Morgan fingerprint density at radius 2 is 2.06 bits per heavy atom. The molecule has 84 valence electrons. The molecule has 16 heavy (non-hydrogen) atoms. The fourth-order valence-electron chi connectivity index (χ4n) is 1.22. The maximum atomic E-state index is 5.32. The molecule has 0 atom stereocenters. The van der Waals surface area contributed by atoms with Crippen molar-refractivity contribution in [2.24, 2.45) is 0 Å². The molecule has 2 N–H and O–H groups in total. The van der Waals surface area contributed by atoms with Gasteiger partial charge in [0.1, 0.15) is 17.4 Å². The van der Waals surface area contributed by atoms with Crippen LogP contribution in [0.25, 0.3) is 0 Å². The van der Waals surface area contributed by atoms with Gasteiger partial charge in [0, 0.05) is 7.05 Å². The molecular formula is C10H13N5O. The maximum Gasteiger partial charge on any atom is 0.213 e. The lowest BCUT2D eigenvalue weighted by Crippen LogP contribution is -2.03. The topological polar surface area (TPSA) is 75.9 Å². The molecule has 0 radical (unpaired) electrons. The third kappa shape index (κ3) is 2.47. The summed E-state index contributed by atoms with van der Waals surface area (Å²) in [6, 6.07) is 0. The van der Waals surface area contributed by atoms with Crippen LogP contribution in [0.3, 0.4) is 0 Å². The molecule has 2 heterocycles. The van der Waals surface area contributed by atoms with Crippen molar-refractivity contribution in [1.29, 1.82) is 0 Å². The smallest absolute Gasteiger partial charge is 0.213 e. The fourth-order valence-corrected chi connectivity index (χ4v) is 1.22. The van der Waals surface area contributed by atoms with Gasteiger partial charge >= 0.3 is 0 Å². The molecule has 0 aromatic carbocycles. The Labute approximate surface area is 93.1 Å². The van der Waals surface area contributed by atoms with Crippen molar-refractivity contribution in [2.45, 2.75) is 13.5 Å². The Kier molecular flexibility index (Phi) is 3.00. The van der Waals surface area contributed by atoms with Gasteiger partial charge in [-0.1, -0.05) is 0 Å². The highest BCUT2D eigenvalue weighted by Gasteiger charge is 2.01. The number of hydrogen-bond acceptors (Lipinski definition) is 6. The van der Waals surface area contributed by atoms with Crippen molar-refractivity contribution in [1.82, 2.24) is 15.0 Å². The summed E-state index contributed by atoms with van der Waals surface area (Å²) in [6.45, 7) is 2.35. The third-order valence-corrected chi connectivity index (χ3v) is 1.98. The molecule has 0 amide bonds. The van der Waals surface area contributed by atoms with Crippen LogP contribution in [0.4, 0.5) is 11.6 Å². The molecule has 0 spiro atoms. The fraction of sp³-hybridized carbons (Fsp3) is 0.300. The summed E-state index contributed by atoms with van der Waals surface area (Å²) < 4.78 is 5.32. The van der Waals surface area contributed by atoms with Gasteiger partial charge < -0.3 is 15.1 Å². The van der Waals surface area contributed by atoms with Gasteiger partial charge in [-0.15, -0.1) is 0 Å². The lowest BCUT2D eigenvalue weighted by atomic mass is 10.5. The van der Waals surface area contributed by atoms with Crippen LogP contribution in [-0.2, 0) is 6.54 Å². The van der Waals surface area contributed by atoms with Crippen molar-refractivity contribution in [2.75, 3.05) is 17.7 Å². The number of anilines is 2. The Morgan fingerprint density at radius 3 is 2.75 bits per heavy atom. The molecule has 2 aromatic heterocycles. The van der Waals surface area contributed by atoms with E-state index in [1.165, 1.54) is 0 Å². The highest BCUT2D eigenvalue weighted by molar-refractivity contribution is 5.40. The van der Waals surface area contributed by atoms with E-state index in [2.05, 4.69) is 25.6 Å². The van der Waals surface area contributed by atoms with Gasteiger partial charge in [-0.05, 0) is 6.92 Å². The number of aryl methyl sites for hydroxylation is 1. The standard InChI is InChI=1S/C10H13N5O/c1-7-3-14-10(16-7)6-13-9-5-12-4-8(11-2)15-9/h3-5H,6H2,1-2H3,(H2,11,13,15). The van der Waals surface area contributed by atoms with E-state index in [4.69, 9.17) is 4.42 Å². The highest BCUT2D eigenvalue weighted by atomic mass is 16.4. The summed E-state index contributed by atoms with van der Waals surface area (Å²) in [5.41, 5.74) is 0. The van der Waals surface area contributed by atoms with Crippen LogP contribution in [0.15, 0.2) is 23.0 Å². The zero-order valence-electron chi connectivity index (χ0n) is 9.19. The quantitative estimate of drug-likeness (QED) is 0.810. The van der Waals surface area contributed by atoms with Crippen molar-refractivity contribution in [3.8, 4) is 0 Å². The Balaban J connectivity index is 1.99. The number of oxazole rings is 1. The summed E-state index contributed by atoms with van der Waals surface area (Å²) >= 11 is 0. The van der Waals surface area contributed by atoms with E-state index < -0.39 is 0 Å². The van der Waals surface area contributed by atoms with E-state index in [1.807, 2.05) is 6.92 Å².